The van der Waals surface area contributed by atoms with E-state index in [0.29, 0.717) is 0 Å². The molecule has 36 heavy (non-hydrogen) atoms. The summed E-state index contributed by atoms with van der Waals surface area (Å²) < 4.78 is 0. The van der Waals surface area contributed by atoms with Gasteiger partial charge in [0.1, 0.15) is 0 Å². The van der Waals surface area contributed by atoms with E-state index in [-0.39, 0.29) is 0 Å². The van der Waals surface area contributed by atoms with Crippen molar-refractivity contribution in [1.29, 1.82) is 0 Å². The second-order valence-corrected chi connectivity index (χ2v) is 15.7. The maximum absolute atomic E-state index is 2.40. The molecular formula is C35H30Si. The fourth-order valence-corrected chi connectivity index (χ4v) is 6.51. The predicted molar refractivity (Wildman–Crippen MR) is 161 cm³/mol. The molecule has 0 aromatic heterocycles. The number of benzene rings is 6. The largest absolute Gasteiger partial charge is 0.0775 e. The van der Waals surface area contributed by atoms with E-state index in [1.165, 1.54) is 60.1 Å². The molecule has 0 atom stereocenters. The minimum absolute atomic E-state index is 1.25. The Kier molecular flexibility index (Phi) is 5.58. The van der Waals surface area contributed by atoms with E-state index in [2.05, 4.69) is 147 Å². The first-order valence-corrected chi connectivity index (χ1v) is 16.2. The zero-order chi connectivity index (χ0) is 24.7. The van der Waals surface area contributed by atoms with E-state index in [4.69, 9.17) is 0 Å². The summed E-state index contributed by atoms with van der Waals surface area (Å²) in [6, 6.07) is 46.8. The van der Waals surface area contributed by atoms with Gasteiger partial charge in [-0.1, -0.05) is 152 Å². The lowest BCUT2D eigenvalue weighted by Crippen LogP contribution is -2.37. The standard InChI is InChI=1S/C35H30Si/c1-36(2,3)29-23-21-26(22-24-29)25-17-19-28(20-18-25)35-32-15-9-7-13-30(32)34(27-11-5-4-6-12-27)31-14-8-10-16-33(31)35/h4-24H,1-3H3. The Bertz CT molecular complexity index is 1610. The highest BCUT2D eigenvalue weighted by molar-refractivity contribution is 6.88. The summed E-state index contributed by atoms with van der Waals surface area (Å²) in [5, 5.41) is 6.68. The Morgan fingerprint density at radius 3 is 1.08 bits per heavy atom. The van der Waals surface area contributed by atoms with Crippen LogP contribution in [-0.2, 0) is 0 Å². The molecule has 0 unspecified atom stereocenters. The van der Waals surface area contributed by atoms with Gasteiger partial charge in [-0.3, -0.25) is 0 Å². The molecule has 174 valence electrons. The van der Waals surface area contributed by atoms with Crippen LogP contribution in [0.2, 0.25) is 19.6 Å². The van der Waals surface area contributed by atoms with Crippen LogP contribution in [0, 0.1) is 0 Å². The smallest absolute Gasteiger partial charge is 0.0656 e. The first-order chi connectivity index (χ1) is 17.5. The minimum atomic E-state index is -1.29. The predicted octanol–water partition coefficient (Wildman–Crippen LogP) is 9.54. The maximum Gasteiger partial charge on any atom is 0.0775 e. The van der Waals surface area contributed by atoms with Gasteiger partial charge in [0.25, 0.3) is 0 Å². The number of rotatable bonds is 4. The van der Waals surface area contributed by atoms with Gasteiger partial charge in [-0.25, -0.2) is 0 Å². The van der Waals surface area contributed by atoms with Crippen molar-refractivity contribution in [3.63, 3.8) is 0 Å². The third kappa shape index (κ3) is 3.96. The summed E-state index contributed by atoms with van der Waals surface area (Å²) in [5.41, 5.74) is 7.66. The molecule has 0 nitrogen and oxygen atoms in total. The summed E-state index contributed by atoms with van der Waals surface area (Å²) in [5.74, 6) is 0. The molecule has 6 aromatic rings. The molecule has 0 aliphatic heterocycles. The summed E-state index contributed by atoms with van der Waals surface area (Å²) in [6.45, 7) is 7.19. The number of hydrogen-bond acceptors (Lipinski definition) is 0. The lowest BCUT2D eigenvalue weighted by atomic mass is 9.86. The van der Waals surface area contributed by atoms with Gasteiger partial charge in [-0.05, 0) is 54.9 Å². The SMILES string of the molecule is C[Si](C)(C)c1ccc(-c2ccc(-c3c4ccccc4c(-c4ccccc4)c4ccccc34)cc2)cc1. The van der Waals surface area contributed by atoms with Crippen molar-refractivity contribution in [2.75, 3.05) is 0 Å². The summed E-state index contributed by atoms with van der Waals surface area (Å²) >= 11 is 0. The van der Waals surface area contributed by atoms with Crippen LogP contribution in [0.3, 0.4) is 0 Å². The molecule has 0 saturated heterocycles. The van der Waals surface area contributed by atoms with Gasteiger partial charge in [0.2, 0.25) is 0 Å². The van der Waals surface area contributed by atoms with E-state index >= 15 is 0 Å². The third-order valence-electron chi connectivity index (χ3n) is 7.25. The van der Waals surface area contributed by atoms with Gasteiger partial charge < -0.3 is 0 Å². The Balaban J connectivity index is 1.53. The molecule has 0 bridgehead atoms. The topological polar surface area (TPSA) is 0 Å². The second kappa shape index (κ2) is 8.93. The summed E-state index contributed by atoms with van der Waals surface area (Å²) in [7, 11) is -1.29. The highest BCUT2D eigenvalue weighted by atomic mass is 28.3. The van der Waals surface area contributed by atoms with Crippen molar-refractivity contribution < 1.29 is 0 Å². The molecule has 6 rings (SSSR count). The Morgan fingerprint density at radius 1 is 0.333 bits per heavy atom. The third-order valence-corrected chi connectivity index (χ3v) is 9.32. The van der Waals surface area contributed by atoms with Crippen LogP contribution in [0.1, 0.15) is 0 Å². The molecule has 0 radical (unpaired) electrons. The molecule has 0 fully saturated rings. The van der Waals surface area contributed by atoms with Crippen LogP contribution in [0.5, 0.6) is 0 Å². The van der Waals surface area contributed by atoms with E-state index in [0.717, 1.165) is 0 Å². The zero-order valence-electron chi connectivity index (χ0n) is 21.1. The zero-order valence-corrected chi connectivity index (χ0v) is 22.1. The highest BCUT2D eigenvalue weighted by Gasteiger charge is 2.17. The fraction of sp³-hybridized carbons (Fsp3) is 0.0857. The lowest BCUT2D eigenvalue weighted by molar-refractivity contribution is 1.61. The minimum Gasteiger partial charge on any atom is -0.0656 e. The first kappa shape index (κ1) is 22.5. The molecule has 0 N–H and O–H groups in total. The molecule has 0 aliphatic carbocycles. The quantitative estimate of drug-likeness (QED) is 0.175. The van der Waals surface area contributed by atoms with Crippen molar-refractivity contribution in [3.05, 3.63) is 127 Å². The van der Waals surface area contributed by atoms with Crippen LogP contribution in [0.15, 0.2) is 127 Å². The van der Waals surface area contributed by atoms with E-state index in [1.54, 1.807) is 0 Å². The van der Waals surface area contributed by atoms with Gasteiger partial charge >= 0.3 is 0 Å². The van der Waals surface area contributed by atoms with E-state index < -0.39 is 8.07 Å². The van der Waals surface area contributed by atoms with Gasteiger partial charge in [0, 0.05) is 0 Å². The van der Waals surface area contributed by atoms with Crippen LogP contribution < -0.4 is 5.19 Å². The van der Waals surface area contributed by atoms with Crippen molar-refractivity contribution >= 4 is 34.8 Å². The summed E-state index contributed by atoms with van der Waals surface area (Å²) in [4.78, 5) is 0. The van der Waals surface area contributed by atoms with Gasteiger partial charge in [0.05, 0.1) is 8.07 Å². The summed E-state index contributed by atoms with van der Waals surface area (Å²) in [6.07, 6.45) is 0. The molecule has 0 heterocycles. The molecule has 0 spiro atoms. The molecule has 0 amide bonds. The maximum atomic E-state index is 2.40. The first-order valence-electron chi connectivity index (χ1n) is 12.7. The van der Waals surface area contributed by atoms with Crippen molar-refractivity contribution in [1.82, 2.24) is 0 Å². The Labute approximate surface area is 214 Å². The van der Waals surface area contributed by atoms with Crippen molar-refractivity contribution in [3.8, 4) is 33.4 Å². The van der Waals surface area contributed by atoms with Crippen LogP contribution in [0.4, 0.5) is 0 Å². The monoisotopic (exact) mass is 478 g/mol. The van der Waals surface area contributed by atoms with Gasteiger partial charge in [-0.2, -0.15) is 0 Å². The van der Waals surface area contributed by atoms with Gasteiger partial charge in [-0.15, -0.1) is 0 Å². The lowest BCUT2D eigenvalue weighted by Gasteiger charge is -2.18. The normalized spacial score (nSPS) is 11.8. The molecule has 6 aromatic carbocycles. The fourth-order valence-electron chi connectivity index (χ4n) is 5.35. The van der Waals surface area contributed by atoms with Crippen LogP contribution in [0.25, 0.3) is 54.9 Å². The Morgan fingerprint density at radius 2 is 0.667 bits per heavy atom. The van der Waals surface area contributed by atoms with E-state index in [1.807, 2.05) is 0 Å². The van der Waals surface area contributed by atoms with Crippen LogP contribution in [-0.4, -0.2) is 8.07 Å². The highest BCUT2D eigenvalue weighted by Crippen LogP contribution is 2.43. The Hall–Kier alpha value is -3.94. The van der Waals surface area contributed by atoms with Crippen molar-refractivity contribution in [2.24, 2.45) is 0 Å². The molecule has 0 saturated carbocycles. The van der Waals surface area contributed by atoms with E-state index in [9.17, 15) is 0 Å². The molecular weight excluding hydrogens is 448 g/mol. The average molecular weight is 479 g/mol. The van der Waals surface area contributed by atoms with Crippen molar-refractivity contribution in [2.45, 2.75) is 19.6 Å². The van der Waals surface area contributed by atoms with Crippen LogP contribution >= 0.6 is 0 Å². The average Bonchev–Trinajstić information content (AvgIpc) is 2.92. The number of hydrogen-bond donors (Lipinski definition) is 0. The number of fused-ring (bicyclic) bond motifs is 2. The molecule has 1 heteroatoms. The molecule has 0 aliphatic rings. The van der Waals surface area contributed by atoms with Gasteiger partial charge in [0.15, 0.2) is 0 Å². The second-order valence-electron chi connectivity index (χ2n) is 10.6.